The average Bonchev–Trinajstić information content (AvgIpc) is 2.93. The lowest BCUT2D eigenvalue weighted by atomic mass is 10.1. The summed E-state index contributed by atoms with van der Waals surface area (Å²) in [5.41, 5.74) is 7.77. The first-order valence-corrected chi connectivity index (χ1v) is 7.66. The summed E-state index contributed by atoms with van der Waals surface area (Å²) in [7, 11) is 0. The van der Waals surface area contributed by atoms with E-state index in [1.54, 1.807) is 23.5 Å². The zero-order valence-corrected chi connectivity index (χ0v) is 13.1. The summed E-state index contributed by atoms with van der Waals surface area (Å²) in [6, 6.07) is 7.24. The van der Waals surface area contributed by atoms with E-state index < -0.39 is 0 Å². The first-order valence-electron chi connectivity index (χ1n) is 6.41. The molecular weight excluding hydrogens is 304 g/mol. The Hall–Kier alpha value is -1.80. The zero-order chi connectivity index (χ0) is 15.2. The van der Waals surface area contributed by atoms with E-state index in [1.807, 2.05) is 24.4 Å². The van der Waals surface area contributed by atoms with Crippen LogP contribution in [0.2, 0.25) is 5.02 Å². The lowest BCUT2D eigenvalue weighted by molar-refractivity contribution is 0.0951. The second-order valence-electron chi connectivity index (χ2n) is 4.45. The predicted octanol–water partition coefficient (Wildman–Crippen LogP) is 2.95. The molecule has 0 aliphatic rings. The van der Waals surface area contributed by atoms with Crippen molar-refractivity contribution in [2.24, 2.45) is 5.73 Å². The van der Waals surface area contributed by atoms with E-state index in [9.17, 15) is 4.79 Å². The predicted molar refractivity (Wildman–Crippen MR) is 87.6 cm³/mol. The summed E-state index contributed by atoms with van der Waals surface area (Å²) < 4.78 is 0. The molecule has 1 aromatic heterocycles. The number of hydrogen-bond acceptors (Lipinski definition) is 3. The van der Waals surface area contributed by atoms with Gasteiger partial charge in [0.05, 0.1) is 13.1 Å². The highest BCUT2D eigenvalue weighted by Gasteiger charge is 2.07. The molecule has 0 fully saturated rings. The summed E-state index contributed by atoms with van der Waals surface area (Å²) in [6.07, 6.45) is 0. The Balaban J connectivity index is 1.97. The molecule has 1 amide bonds. The quantitative estimate of drug-likeness (QED) is 0.855. The van der Waals surface area contributed by atoms with Crippen molar-refractivity contribution in [3.63, 3.8) is 0 Å². The number of nitrogens with two attached hydrogens (primary N) is 1. The second-order valence-corrected chi connectivity index (χ2v) is 5.86. The van der Waals surface area contributed by atoms with E-state index in [0.29, 0.717) is 23.7 Å². The van der Waals surface area contributed by atoms with Crippen LogP contribution in [0.5, 0.6) is 0 Å². The molecule has 5 heteroatoms. The fourth-order valence-electron chi connectivity index (χ4n) is 1.70. The van der Waals surface area contributed by atoms with E-state index >= 15 is 0 Å². The molecular formula is C16H15ClN2OS. The molecule has 0 spiro atoms. The van der Waals surface area contributed by atoms with Crippen LogP contribution in [-0.4, -0.2) is 12.5 Å². The van der Waals surface area contributed by atoms with Gasteiger partial charge in [0.1, 0.15) is 0 Å². The van der Waals surface area contributed by atoms with Crippen LogP contribution in [0.1, 0.15) is 26.4 Å². The molecule has 1 heterocycles. The van der Waals surface area contributed by atoms with Gasteiger partial charge in [-0.25, -0.2) is 0 Å². The van der Waals surface area contributed by atoms with Gasteiger partial charge in [0.2, 0.25) is 0 Å². The Labute approximate surface area is 133 Å². The van der Waals surface area contributed by atoms with Gasteiger partial charge in [-0.2, -0.15) is 0 Å². The molecule has 2 aromatic rings. The van der Waals surface area contributed by atoms with E-state index in [2.05, 4.69) is 17.2 Å². The van der Waals surface area contributed by atoms with Crippen molar-refractivity contribution in [1.29, 1.82) is 0 Å². The van der Waals surface area contributed by atoms with E-state index in [1.165, 1.54) is 0 Å². The summed E-state index contributed by atoms with van der Waals surface area (Å²) in [6.45, 7) is 2.72. The minimum atomic E-state index is -0.139. The molecule has 0 unspecified atom stereocenters. The number of rotatable bonds is 3. The topological polar surface area (TPSA) is 55.1 Å². The van der Waals surface area contributed by atoms with Crippen molar-refractivity contribution >= 4 is 28.8 Å². The van der Waals surface area contributed by atoms with Crippen LogP contribution in [-0.2, 0) is 6.54 Å². The smallest absolute Gasteiger partial charge is 0.251 e. The van der Waals surface area contributed by atoms with Crippen molar-refractivity contribution in [2.45, 2.75) is 13.5 Å². The summed E-state index contributed by atoms with van der Waals surface area (Å²) in [5.74, 6) is 5.63. The van der Waals surface area contributed by atoms with Gasteiger partial charge in [-0.1, -0.05) is 29.5 Å². The van der Waals surface area contributed by atoms with Crippen molar-refractivity contribution in [3.8, 4) is 11.8 Å². The third-order valence-electron chi connectivity index (χ3n) is 2.85. The standard InChI is InChI=1S/C16H15ClN2OS/c1-11-4-5-13(8-15(11)17)16(20)19-9-14-7-12(10-21-14)3-2-6-18/h4-5,7-8,10H,6,9,18H2,1H3,(H,19,20). The fraction of sp³-hybridized carbons (Fsp3) is 0.188. The molecule has 2 rings (SSSR count). The number of amides is 1. The normalized spacial score (nSPS) is 9.86. The summed E-state index contributed by atoms with van der Waals surface area (Å²) in [4.78, 5) is 13.1. The highest BCUT2D eigenvalue weighted by Crippen LogP contribution is 2.17. The molecule has 21 heavy (non-hydrogen) atoms. The summed E-state index contributed by atoms with van der Waals surface area (Å²) >= 11 is 7.58. The molecule has 3 N–H and O–H groups in total. The molecule has 1 aromatic carbocycles. The maximum Gasteiger partial charge on any atom is 0.251 e. The van der Waals surface area contributed by atoms with E-state index in [4.69, 9.17) is 17.3 Å². The monoisotopic (exact) mass is 318 g/mol. The molecule has 0 saturated heterocycles. The number of benzene rings is 1. The van der Waals surface area contributed by atoms with Crippen molar-refractivity contribution < 1.29 is 4.79 Å². The molecule has 0 saturated carbocycles. The van der Waals surface area contributed by atoms with Gasteiger partial charge in [-0.15, -0.1) is 11.3 Å². The highest BCUT2D eigenvalue weighted by molar-refractivity contribution is 7.10. The SMILES string of the molecule is Cc1ccc(C(=O)NCc2cc(C#CCN)cs2)cc1Cl. The Morgan fingerprint density at radius 2 is 2.24 bits per heavy atom. The average molecular weight is 319 g/mol. The number of hydrogen-bond donors (Lipinski definition) is 2. The Kier molecular flexibility index (Phi) is 5.40. The van der Waals surface area contributed by atoms with Crippen LogP contribution in [0.3, 0.4) is 0 Å². The Bertz CT molecular complexity index is 713. The molecule has 0 aliphatic carbocycles. The van der Waals surface area contributed by atoms with Crippen LogP contribution in [0.15, 0.2) is 29.6 Å². The van der Waals surface area contributed by atoms with Crippen LogP contribution >= 0.6 is 22.9 Å². The maximum absolute atomic E-state index is 12.1. The largest absolute Gasteiger partial charge is 0.347 e. The zero-order valence-electron chi connectivity index (χ0n) is 11.6. The molecule has 0 bridgehead atoms. The lowest BCUT2D eigenvalue weighted by Gasteiger charge is -2.05. The minimum absolute atomic E-state index is 0.139. The number of aryl methyl sites for hydroxylation is 1. The van der Waals surface area contributed by atoms with Gasteiger partial charge in [0.15, 0.2) is 0 Å². The van der Waals surface area contributed by atoms with Gasteiger partial charge >= 0.3 is 0 Å². The first kappa shape index (κ1) is 15.6. The maximum atomic E-state index is 12.1. The van der Waals surface area contributed by atoms with E-state index in [-0.39, 0.29) is 5.91 Å². The van der Waals surface area contributed by atoms with Crippen molar-refractivity contribution in [2.75, 3.05) is 6.54 Å². The van der Waals surface area contributed by atoms with Gasteiger partial charge < -0.3 is 11.1 Å². The first-order chi connectivity index (χ1) is 10.1. The van der Waals surface area contributed by atoms with Crippen LogP contribution in [0, 0.1) is 18.8 Å². The number of nitrogens with one attached hydrogen (secondary N) is 1. The second kappa shape index (κ2) is 7.28. The third-order valence-corrected chi connectivity index (χ3v) is 4.19. The Morgan fingerprint density at radius 1 is 1.43 bits per heavy atom. The van der Waals surface area contributed by atoms with Crippen LogP contribution in [0.4, 0.5) is 0 Å². The molecule has 0 aliphatic heterocycles. The van der Waals surface area contributed by atoms with Gasteiger partial charge in [-0.05, 0) is 30.7 Å². The number of carbonyl (C=O) groups is 1. The van der Waals surface area contributed by atoms with Crippen LogP contribution in [0.25, 0.3) is 0 Å². The number of halogens is 1. The minimum Gasteiger partial charge on any atom is -0.347 e. The van der Waals surface area contributed by atoms with Crippen LogP contribution < -0.4 is 11.1 Å². The van der Waals surface area contributed by atoms with Crippen molar-refractivity contribution in [1.82, 2.24) is 5.32 Å². The molecule has 0 radical (unpaired) electrons. The number of carbonyl (C=O) groups excluding carboxylic acids is 1. The number of thiophene rings is 1. The summed E-state index contributed by atoms with van der Waals surface area (Å²) in [5, 5.41) is 5.42. The fourth-order valence-corrected chi connectivity index (χ4v) is 2.63. The van der Waals surface area contributed by atoms with Gasteiger partial charge in [0, 0.05) is 26.4 Å². The van der Waals surface area contributed by atoms with E-state index in [0.717, 1.165) is 16.0 Å². The molecule has 108 valence electrons. The molecule has 0 atom stereocenters. The van der Waals surface area contributed by atoms with Gasteiger partial charge in [-0.3, -0.25) is 4.79 Å². The third kappa shape index (κ3) is 4.33. The van der Waals surface area contributed by atoms with Crippen molar-refractivity contribution in [3.05, 3.63) is 56.2 Å². The van der Waals surface area contributed by atoms with Gasteiger partial charge in [0.25, 0.3) is 5.91 Å². The highest BCUT2D eigenvalue weighted by atomic mass is 35.5. The lowest BCUT2D eigenvalue weighted by Crippen LogP contribution is -2.22. The molecule has 3 nitrogen and oxygen atoms in total. The Morgan fingerprint density at radius 3 is 2.95 bits per heavy atom.